The summed E-state index contributed by atoms with van der Waals surface area (Å²) in [6, 6.07) is 9.61. The molecule has 0 bridgehead atoms. The zero-order valence-corrected chi connectivity index (χ0v) is 21.3. The van der Waals surface area contributed by atoms with E-state index in [1.54, 1.807) is 38.1 Å². The molecule has 0 amide bonds. The zero-order chi connectivity index (χ0) is 26.0. The minimum atomic E-state index is -3.41. The Kier molecular flexibility index (Phi) is 7.62. The van der Waals surface area contributed by atoms with E-state index in [9.17, 15) is 22.0 Å². The standard InChI is InChI=1S/C24H25ClF2N4O4S/c1-16(2)36(33,34)30-8-6-29(7-9-30)22-14-28-31(21-12-19(26)11-20(27)13-21)24(32)23(22)35-15-17-4-3-5-18(25)10-17/h3-5,10-14,16H,6-9,15H2,1-2H3. The first-order valence-corrected chi connectivity index (χ1v) is 13.1. The molecule has 4 rings (SSSR count). The lowest BCUT2D eigenvalue weighted by atomic mass is 10.2. The van der Waals surface area contributed by atoms with Gasteiger partial charge in [0.25, 0.3) is 0 Å². The third-order valence-corrected chi connectivity index (χ3v) is 8.33. The Bertz CT molecular complexity index is 1400. The number of halogens is 3. The predicted octanol–water partition coefficient (Wildman–Crippen LogP) is 3.60. The topological polar surface area (TPSA) is 84.7 Å². The number of hydrogen-bond donors (Lipinski definition) is 0. The molecule has 0 radical (unpaired) electrons. The quantitative estimate of drug-likeness (QED) is 0.457. The van der Waals surface area contributed by atoms with Crippen LogP contribution in [-0.2, 0) is 16.6 Å². The first-order valence-electron chi connectivity index (χ1n) is 11.3. The molecular formula is C24H25ClF2N4O4S. The van der Waals surface area contributed by atoms with Crippen LogP contribution in [-0.4, -0.2) is 53.9 Å². The van der Waals surface area contributed by atoms with E-state index in [-0.39, 0.29) is 31.1 Å². The van der Waals surface area contributed by atoms with E-state index in [0.717, 1.165) is 16.8 Å². The maximum Gasteiger partial charge on any atom is 0.316 e. The number of piperazine rings is 1. The van der Waals surface area contributed by atoms with Gasteiger partial charge in [0, 0.05) is 37.3 Å². The maximum atomic E-state index is 13.8. The molecule has 8 nitrogen and oxygen atoms in total. The Balaban J connectivity index is 1.69. The lowest BCUT2D eigenvalue weighted by Gasteiger charge is -2.36. The van der Waals surface area contributed by atoms with Crippen molar-refractivity contribution in [2.45, 2.75) is 25.7 Å². The Morgan fingerprint density at radius 2 is 1.72 bits per heavy atom. The second-order valence-corrected chi connectivity index (χ2v) is 11.5. The van der Waals surface area contributed by atoms with Crippen LogP contribution >= 0.6 is 11.6 Å². The predicted molar refractivity (Wildman–Crippen MR) is 133 cm³/mol. The summed E-state index contributed by atoms with van der Waals surface area (Å²) in [6.07, 6.45) is 1.38. The molecule has 0 atom stereocenters. The monoisotopic (exact) mass is 538 g/mol. The van der Waals surface area contributed by atoms with E-state index >= 15 is 0 Å². The average Bonchev–Trinajstić information content (AvgIpc) is 2.82. The van der Waals surface area contributed by atoms with E-state index < -0.39 is 32.5 Å². The van der Waals surface area contributed by atoms with Gasteiger partial charge in [0.05, 0.1) is 17.1 Å². The van der Waals surface area contributed by atoms with Gasteiger partial charge in [0.15, 0.2) is 0 Å². The van der Waals surface area contributed by atoms with Crippen LogP contribution in [0.5, 0.6) is 5.75 Å². The first-order chi connectivity index (χ1) is 17.1. The summed E-state index contributed by atoms with van der Waals surface area (Å²) in [7, 11) is -3.41. The number of anilines is 1. The summed E-state index contributed by atoms with van der Waals surface area (Å²) in [5.74, 6) is -1.78. The molecule has 1 aliphatic heterocycles. The number of ether oxygens (including phenoxy) is 1. The summed E-state index contributed by atoms with van der Waals surface area (Å²) < 4.78 is 60.9. The number of hydrogen-bond acceptors (Lipinski definition) is 6. The minimum Gasteiger partial charge on any atom is -0.481 e. The lowest BCUT2D eigenvalue weighted by molar-refractivity contribution is 0.297. The second kappa shape index (κ2) is 10.5. The highest BCUT2D eigenvalue weighted by atomic mass is 35.5. The Hall–Kier alpha value is -3.02. The van der Waals surface area contributed by atoms with E-state index in [1.165, 1.54) is 10.5 Å². The molecule has 36 heavy (non-hydrogen) atoms. The molecule has 1 fully saturated rings. The SMILES string of the molecule is CC(C)S(=O)(=O)N1CCN(c2cnn(-c3cc(F)cc(F)c3)c(=O)c2OCc2cccc(Cl)c2)CC1. The van der Waals surface area contributed by atoms with E-state index in [1.807, 2.05) is 4.90 Å². The van der Waals surface area contributed by atoms with Crippen molar-refractivity contribution in [1.29, 1.82) is 0 Å². The highest BCUT2D eigenvalue weighted by Gasteiger charge is 2.31. The van der Waals surface area contributed by atoms with Crippen molar-refractivity contribution in [2.24, 2.45) is 0 Å². The molecule has 12 heteroatoms. The smallest absolute Gasteiger partial charge is 0.316 e. The van der Waals surface area contributed by atoms with Gasteiger partial charge in [-0.2, -0.15) is 14.1 Å². The normalized spacial score (nSPS) is 14.9. The molecule has 2 heterocycles. The van der Waals surface area contributed by atoms with E-state index in [4.69, 9.17) is 16.3 Å². The molecule has 0 aliphatic carbocycles. The third kappa shape index (κ3) is 5.53. The Morgan fingerprint density at radius 1 is 1.06 bits per heavy atom. The van der Waals surface area contributed by atoms with Gasteiger partial charge < -0.3 is 9.64 Å². The fourth-order valence-electron chi connectivity index (χ4n) is 3.90. The van der Waals surface area contributed by atoms with Crippen LogP contribution in [0.15, 0.2) is 53.5 Å². The van der Waals surface area contributed by atoms with Crippen LogP contribution in [0.25, 0.3) is 5.69 Å². The maximum absolute atomic E-state index is 13.8. The summed E-state index contributed by atoms with van der Waals surface area (Å²) in [5.41, 5.74) is 0.263. The van der Waals surface area contributed by atoms with Gasteiger partial charge in [-0.15, -0.1) is 0 Å². The zero-order valence-electron chi connectivity index (χ0n) is 19.7. The van der Waals surface area contributed by atoms with Crippen LogP contribution in [0.2, 0.25) is 5.02 Å². The van der Waals surface area contributed by atoms with Crippen molar-refractivity contribution in [2.75, 3.05) is 31.1 Å². The molecular weight excluding hydrogens is 514 g/mol. The van der Waals surface area contributed by atoms with Gasteiger partial charge in [-0.25, -0.2) is 17.2 Å². The van der Waals surface area contributed by atoms with E-state index in [0.29, 0.717) is 35.4 Å². The molecule has 3 aromatic rings. The number of benzene rings is 2. The largest absolute Gasteiger partial charge is 0.481 e. The van der Waals surface area contributed by atoms with E-state index in [2.05, 4.69) is 5.10 Å². The summed E-state index contributed by atoms with van der Waals surface area (Å²) in [4.78, 5) is 15.2. The van der Waals surface area contributed by atoms with Crippen LogP contribution in [0.1, 0.15) is 19.4 Å². The van der Waals surface area contributed by atoms with Crippen LogP contribution in [0, 0.1) is 11.6 Å². The van der Waals surface area contributed by atoms with Gasteiger partial charge >= 0.3 is 5.56 Å². The average molecular weight is 539 g/mol. The van der Waals surface area contributed by atoms with Gasteiger partial charge in [0.2, 0.25) is 15.8 Å². The van der Waals surface area contributed by atoms with Crippen molar-refractivity contribution in [3.05, 3.63) is 81.2 Å². The van der Waals surface area contributed by atoms with Crippen molar-refractivity contribution >= 4 is 27.3 Å². The molecule has 0 spiro atoms. The Labute approximate surface area is 212 Å². The molecule has 1 aromatic heterocycles. The fourth-order valence-corrected chi connectivity index (χ4v) is 5.38. The fraction of sp³-hybridized carbons (Fsp3) is 0.333. The minimum absolute atomic E-state index is 0.00597. The Morgan fingerprint density at radius 3 is 2.33 bits per heavy atom. The molecule has 1 saturated heterocycles. The number of nitrogens with zero attached hydrogens (tertiary/aromatic N) is 4. The van der Waals surface area contributed by atoms with Gasteiger partial charge in [0.1, 0.15) is 23.9 Å². The number of rotatable bonds is 7. The molecule has 0 N–H and O–H groups in total. The van der Waals surface area contributed by atoms with Crippen LogP contribution in [0.4, 0.5) is 14.5 Å². The number of sulfonamides is 1. The van der Waals surface area contributed by atoms with Crippen molar-refractivity contribution in [3.63, 3.8) is 0 Å². The highest BCUT2D eigenvalue weighted by Crippen LogP contribution is 2.27. The van der Waals surface area contributed by atoms with Crippen molar-refractivity contribution in [3.8, 4) is 11.4 Å². The van der Waals surface area contributed by atoms with Crippen molar-refractivity contribution < 1.29 is 21.9 Å². The molecule has 0 saturated carbocycles. The summed E-state index contributed by atoms with van der Waals surface area (Å²) >= 11 is 6.05. The van der Waals surface area contributed by atoms with Crippen molar-refractivity contribution in [1.82, 2.24) is 14.1 Å². The molecule has 0 unspecified atom stereocenters. The first kappa shape index (κ1) is 26.1. The molecule has 1 aliphatic rings. The highest BCUT2D eigenvalue weighted by molar-refractivity contribution is 7.89. The second-order valence-electron chi connectivity index (χ2n) is 8.60. The lowest BCUT2D eigenvalue weighted by Crippen LogP contribution is -2.50. The third-order valence-electron chi connectivity index (χ3n) is 5.81. The number of aromatic nitrogens is 2. The van der Waals surface area contributed by atoms with Gasteiger partial charge in [-0.3, -0.25) is 4.79 Å². The van der Waals surface area contributed by atoms with Gasteiger partial charge in [-0.05, 0) is 43.7 Å². The molecule has 2 aromatic carbocycles. The van der Waals surface area contributed by atoms with Gasteiger partial charge in [-0.1, -0.05) is 23.7 Å². The van der Waals surface area contributed by atoms with Crippen LogP contribution < -0.4 is 15.2 Å². The molecule has 192 valence electrons. The summed E-state index contributed by atoms with van der Waals surface area (Å²) in [5, 5.41) is 4.09. The summed E-state index contributed by atoms with van der Waals surface area (Å²) in [6.45, 7) is 4.33. The van der Waals surface area contributed by atoms with Crippen LogP contribution in [0.3, 0.4) is 0 Å².